The van der Waals surface area contributed by atoms with E-state index in [0.29, 0.717) is 24.7 Å². The van der Waals surface area contributed by atoms with Gasteiger partial charge in [0.25, 0.3) is 0 Å². The number of likely N-dealkylation sites (N-methyl/N-ethyl adjacent to an activating group) is 1. The van der Waals surface area contributed by atoms with Crippen LogP contribution in [0.1, 0.15) is 34.1 Å². The zero-order valence-electron chi connectivity index (χ0n) is 10.9. The van der Waals surface area contributed by atoms with E-state index in [2.05, 4.69) is 33.0 Å². The van der Waals surface area contributed by atoms with Gasteiger partial charge in [-0.15, -0.1) is 0 Å². The van der Waals surface area contributed by atoms with Gasteiger partial charge in [0, 0.05) is 7.11 Å². The van der Waals surface area contributed by atoms with Gasteiger partial charge in [0.2, 0.25) is 0 Å². The fourth-order valence-electron chi connectivity index (χ4n) is 1.67. The minimum absolute atomic E-state index is 0.314. The van der Waals surface area contributed by atoms with E-state index in [1.807, 2.05) is 0 Å². The molecule has 0 rings (SSSR count). The van der Waals surface area contributed by atoms with Gasteiger partial charge in [-0.05, 0) is 25.8 Å². The van der Waals surface area contributed by atoms with Gasteiger partial charge in [0.05, 0.1) is 25.4 Å². The third-order valence-corrected chi connectivity index (χ3v) is 2.25. The van der Waals surface area contributed by atoms with Crippen LogP contribution in [-0.2, 0) is 9.47 Å². The zero-order valence-corrected chi connectivity index (χ0v) is 10.9. The molecule has 0 heterocycles. The Bertz CT molecular complexity index is 134. The molecule has 0 bridgehead atoms. The normalized spacial score (nSPS) is 15.6. The molecular formula is C12H27NO2. The van der Waals surface area contributed by atoms with Gasteiger partial charge in [0.15, 0.2) is 0 Å². The largest absolute Gasteiger partial charge is 0.383 e. The Morgan fingerprint density at radius 2 is 1.80 bits per heavy atom. The van der Waals surface area contributed by atoms with Crippen LogP contribution in [0, 0.1) is 5.92 Å². The monoisotopic (exact) mass is 217 g/mol. The molecule has 0 radical (unpaired) electrons. The number of rotatable bonds is 9. The predicted molar refractivity (Wildman–Crippen MR) is 64.2 cm³/mol. The summed E-state index contributed by atoms with van der Waals surface area (Å²) in [7, 11) is 1.72. The lowest BCUT2D eigenvalue weighted by Gasteiger charge is -2.21. The van der Waals surface area contributed by atoms with Crippen LogP contribution in [0.25, 0.3) is 0 Å². The lowest BCUT2D eigenvalue weighted by molar-refractivity contribution is 0.0211. The standard InChI is InChI=1S/C12H27NO2/c1-6-13-12(8-14-5)9-15-11(4)7-10(2)3/h10-13H,6-9H2,1-5H3. The van der Waals surface area contributed by atoms with Crippen molar-refractivity contribution in [3.05, 3.63) is 0 Å². The second-order valence-corrected chi connectivity index (χ2v) is 4.48. The molecule has 1 N–H and O–H groups in total. The summed E-state index contributed by atoms with van der Waals surface area (Å²) in [5.74, 6) is 0.694. The molecular weight excluding hydrogens is 190 g/mol. The zero-order chi connectivity index (χ0) is 11.7. The van der Waals surface area contributed by atoms with Gasteiger partial charge in [-0.2, -0.15) is 0 Å². The summed E-state index contributed by atoms with van der Waals surface area (Å²) < 4.78 is 10.9. The van der Waals surface area contributed by atoms with E-state index < -0.39 is 0 Å². The highest BCUT2D eigenvalue weighted by Gasteiger charge is 2.10. The maximum atomic E-state index is 5.78. The Balaban J connectivity index is 3.67. The van der Waals surface area contributed by atoms with Gasteiger partial charge in [-0.1, -0.05) is 20.8 Å². The van der Waals surface area contributed by atoms with Crippen molar-refractivity contribution in [3.8, 4) is 0 Å². The fourth-order valence-corrected chi connectivity index (χ4v) is 1.67. The van der Waals surface area contributed by atoms with Crippen LogP contribution in [0.3, 0.4) is 0 Å². The van der Waals surface area contributed by atoms with E-state index in [1.54, 1.807) is 7.11 Å². The van der Waals surface area contributed by atoms with E-state index >= 15 is 0 Å². The van der Waals surface area contributed by atoms with Crippen molar-refractivity contribution in [1.82, 2.24) is 5.32 Å². The second-order valence-electron chi connectivity index (χ2n) is 4.48. The topological polar surface area (TPSA) is 30.5 Å². The molecule has 0 fully saturated rings. The molecule has 0 aromatic heterocycles. The van der Waals surface area contributed by atoms with Gasteiger partial charge >= 0.3 is 0 Å². The number of ether oxygens (including phenoxy) is 2. The summed E-state index contributed by atoms with van der Waals surface area (Å²) in [5.41, 5.74) is 0. The van der Waals surface area contributed by atoms with Crippen molar-refractivity contribution in [2.45, 2.75) is 46.3 Å². The molecule has 0 aliphatic heterocycles. The summed E-state index contributed by atoms with van der Waals surface area (Å²) in [6, 6.07) is 0.314. The van der Waals surface area contributed by atoms with Crippen molar-refractivity contribution in [2.24, 2.45) is 5.92 Å². The fraction of sp³-hybridized carbons (Fsp3) is 1.00. The Morgan fingerprint density at radius 1 is 1.13 bits per heavy atom. The molecule has 0 saturated carbocycles. The molecule has 0 aromatic rings. The average Bonchev–Trinajstić information content (AvgIpc) is 2.14. The molecule has 0 amide bonds. The summed E-state index contributed by atoms with van der Waals surface area (Å²) in [6.45, 7) is 11.1. The highest BCUT2D eigenvalue weighted by atomic mass is 16.5. The first-order valence-electron chi connectivity index (χ1n) is 5.94. The third kappa shape index (κ3) is 8.85. The molecule has 0 saturated heterocycles. The minimum Gasteiger partial charge on any atom is -0.383 e. The highest BCUT2D eigenvalue weighted by molar-refractivity contribution is 4.65. The van der Waals surface area contributed by atoms with Crippen LogP contribution in [0.2, 0.25) is 0 Å². The summed E-state index contributed by atoms with van der Waals surface area (Å²) in [5, 5.41) is 3.34. The molecule has 2 atom stereocenters. The van der Waals surface area contributed by atoms with Crippen molar-refractivity contribution < 1.29 is 9.47 Å². The van der Waals surface area contributed by atoms with Crippen LogP contribution < -0.4 is 5.32 Å². The molecule has 3 nitrogen and oxygen atoms in total. The summed E-state index contributed by atoms with van der Waals surface area (Å²) in [6.07, 6.45) is 1.45. The van der Waals surface area contributed by atoms with Gasteiger partial charge in [-0.25, -0.2) is 0 Å². The highest BCUT2D eigenvalue weighted by Crippen LogP contribution is 2.07. The lowest BCUT2D eigenvalue weighted by atomic mass is 10.1. The summed E-state index contributed by atoms with van der Waals surface area (Å²) in [4.78, 5) is 0. The van der Waals surface area contributed by atoms with Crippen LogP contribution in [0.4, 0.5) is 0 Å². The Morgan fingerprint density at radius 3 is 2.27 bits per heavy atom. The first-order valence-corrected chi connectivity index (χ1v) is 5.94. The molecule has 0 spiro atoms. The van der Waals surface area contributed by atoms with Crippen molar-refractivity contribution in [1.29, 1.82) is 0 Å². The van der Waals surface area contributed by atoms with Crippen molar-refractivity contribution in [3.63, 3.8) is 0 Å². The molecule has 3 heteroatoms. The molecule has 0 aliphatic rings. The van der Waals surface area contributed by atoms with Crippen LogP contribution >= 0.6 is 0 Å². The lowest BCUT2D eigenvalue weighted by Crippen LogP contribution is -2.38. The third-order valence-electron chi connectivity index (χ3n) is 2.25. The van der Waals surface area contributed by atoms with Crippen LogP contribution in [-0.4, -0.2) is 39.0 Å². The minimum atomic E-state index is 0.314. The number of nitrogens with one attached hydrogen (secondary N) is 1. The molecule has 92 valence electrons. The van der Waals surface area contributed by atoms with E-state index in [9.17, 15) is 0 Å². The number of methoxy groups -OCH3 is 1. The quantitative estimate of drug-likeness (QED) is 0.641. The molecule has 15 heavy (non-hydrogen) atoms. The van der Waals surface area contributed by atoms with Crippen LogP contribution in [0.5, 0.6) is 0 Å². The molecule has 0 aliphatic carbocycles. The maximum absolute atomic E-state index is 5.78. The average molecular weight is 217 g/mol. The maximum Gasteiger partial charge on any atom is 0.0645 e. The first-order chi connectivity index (χ1) is 7.10. The Kier molecular flexibility index (Phi) is 9.06. The Hall–Kier alpha value is -0.120. The smallest absolute Gasteiger partial charge is 0.0645 e. The van der Waals surface area contributed by atoms with Gasteiger partial charge < -0.3 is 14.8 Å². The second kappa shape index (κ2) is 9.13. The predicted octanol–water partition coefficient (Wildman–Crippen LogP) is 2.06. The van der Waals surface area contributed by atoms with E-state index in [0.717, 1.165) is 19.6 Å². The Labute approximate surface area is 94.5 Å². The van der Waals surface area contributed by atoms with E-state index in [1.165, 1.54) is 0 Å². The van der Waals surface area contributed by atoms with Crippen molar-refractivity contribution >= 4 is 0 Å². The van der Waals surface area contributed by atoms with Crippen LogP contribution in [0.15, 0.2) is 0 Å². The number of hydrogen-bond donors (Lipinski definition) is 1. The summed E-state index contributed by atoms with van der Waals surface area (Å²) >= 11 is 0. The molecule has 0 aromatic carbocycles. The van der Waals surface area contributed by atoms with Gasteiger partial charge in [0.1, 0.15) is 0 Å². The number of hydrogen-bond acceptors (Lipinski definition) is 3. The molecule has 2 unspecified atom stereocenters. The van der Waals surface area contributed by atoms with Crippen molar-refractivity contribution in [2.75, 3.05) is 26.9 Å². The SMILES string of the molecule is CCNC(COC)COC(C)CC(C)C. The van der Waals surface area contributed by atoms with E-state index in [4.69, 9.17) is 9.47 Å². The van der Waals surface area contributed by atoms with Gasteiger partial charge in [-0.3, -0.25) is 0 Å². The van der Waals surface area contributed by atoms with E-state index in [-0.39, 0.29) is 0 Å². The first kappa shape index (κ1) is 14.9.